The summed E-state index contributed by atoms with van der Waals surface area (Å²) < 4.78 is 11.0. The molecule has 0 spiro atoms. The molecule has 0 radical (unpaired) electrons. The number of nitrogens with zero attached hydrogens (tertiary/aromatic N) is 2. The molecule has 0 bridgehead atoms. The van der Waals surface area contributed by atoms with Gasteiger partial charge in [0.25, 0.3) is 5.91 Å². The molecule has 1 amide bonds. The van der Waals surface area contributed by atoms with Gasteiger partial charge in [0, 0.05) is 22.6 Å². The lowest BCUT2D eigenvalue weighted by Crippen LogP contribution is -2.11. The number of ether oxygens (including phenoxy) is 1. The highest BCUT2D eigenvalue weighted by atomic mass is 32.1. The van der Waals surface area contributed by atoms with Crippen LogP contribution in [0.3, 0.4) is 0 Å². The minimum atomic E-state index is -0.298. The molecule has 6 nitrogen and oxygen atoms in total. The highest BCUT2D eigenvalue weighted by molar-refractivity contribution is 7.07. The zero-order chi connectivity index (χ0) is 20.1. The number of rotatable bonds is 7. The lowest BCUT2D eigenvalue weighted by atomic mass is 10.1. The van der Waals surface area contributed by atoms with Crippen LogP contribution in [0.15, 0.2) is 70.0 Å². The van der Waals surface area contributed by atoms with E-state index in [1.807, 2.05) is 17.5 Å². The van der Waals surface area contributed by atoms with E-state index in [9.17, 15) is 4.79 Å². The van der Waals surface area contributed by atoms with Crippen molar-refractivity contribution >= 4 is 23.1 Å². The van der Waals surface area contributed by atoms with E-state index in [0.29, 0.717) is 29.5 Å². The minimum Gasteiger partial charge on any atom is -0.487 e. The van der Waals surface area contributed by atoms with Crippen LogP contribution >= 0.6 is 11.3 Å². The van der Waals surface area contributed by atoms with Gasteiger partial charge < -0.3 is 9.26 Å². The molecule has 1 N–H and O–H groups in total. The molecule has 2 aromatic heterocycles. The van der Waals surface area contributed by atoms with Gasteiger partial charge in [0.1, 0.15) is 18.1 Å². The van der Waals surface area contributed by atoms with Crippen molar-refractivity contribution < 1.29 is 14.1 Å². The van der Waals surface area contributed by atoms with Gasteiger partial charge in [0.05, 0.1) is 11.2 Å². The molecular formula is C22H19N3O3S. The number of hydrogen-bond donors (Lipinski definition) is 1. The summed E-state index contributed by atoms with van der Waals surface area (Å²) in [7, 11) is 0. The number of thiazole rings is 1. The maximum absolute atomic E-state index is 12.6. The van der Waals surface area contributed by atoms with Gasteiger partial charge in [-0.05, 0) is 30.2 Å². The first kappa shape index (κ1) is 18.9. The Morgan fingerprint density at radius 2 is 2.03 bits per heavy atom. The van der Waals surface area contributed by atoms with E-state index in [-0.39, 0.29) is 5.91 Å². The van der Waals surface area contributed by atoms with Crippen LogP contribution in [0.4, 0.5) is 5.88 Å². The largest absolute Gasteiger partial charge is 0.487 e. The van der Waals surface area contributed by atoms with Crippen molar-refractivity contribution in [3.63, 3.8) is 0 Å². The summed E-state index contributed by atoms with van der Waals surface area (Å²) in [5.41, 5.74) is 5.93. The third-order valence-corrected chi connectivity index (χ3v) is 5.01. The van der Waals surface area contributed by atoms with Crippen molar-refractivity contribution in [2.24, 2.45) is 0 Å². The molecule has 29 heavy (non-hydrogen) atoms. The molecule has 146 valence electrons. The predicted octanol–water partition coefficient (Wildman–Crippen LogP) is 5.19. The lowest BCUT2D eigenvalue weighted by molar-refractivity contribution is 0.102. The molecule has 0 aliphatic carbocycles. The zero-order valence-corrected chi connectivity index (χ0v) is 16.6. The second-order valence-electron chi connectivity index (χ2n) is 6.38. The Bertz CT molecular complexity index is 1090. The molecule has 0 unspecified atom stereocenters. The van der Waals surface area contributed by atoms with Gasteiger partial charge in [-0.3, -0.25) is 10.1 Å². The van der Waals surface area contributed by atoms with Crippen molar-refractivity contribution in [3.05, 3.63) is 82.3 Å². The average Bonchev–Trinajstić information content (AvgIpc) is 3.45. The van der Waals surface area contributed by atoms with Crippen LogP contribution in [0.5, 0.6) is 5.75 Å². The summed E-state index contributed by atoms with van der Waals surface area (Å²) in [6, 6.07) is 16.8. The second-order valence-corrected chi connectivity index (χ2v) is 7.10. The molecule has 2 heterocycles. The van der Waals surface area contributed by atoms with Crippen LogP contribution in [-0.2, 0) is 13.0 Å². The Morgan fingerprint density at radius 3 is 2.79 bits per heavy atom. The minimum absolute atomic E-state index is 0.290. The van der Waals surface area contributed by atoms with Crippen LogP contribution in [0.25, 0.3) is 11.3 Å². The Morgan fingerprint density at radius 1 is 1.17 bits per heavy atom. The lowest BCUT2D eigenvalue weighted by Gasteiger charge is -2.06. The van der Waals surface area contributed by atoms with Crippen molar-refractivity contribution in [2.75, 3.05) is 5.32 Å². The fourth-order valence-corrected chi connectivity index (χ4v) is 3.30. The standard InChI is InChI=1S/C22H19N3O3S/c1-2-15-6-8-16(9-7-15)20-11-21(28-25-20)24-22(26)17-4-3-5-19(10-17)27-12-18-13-29-14-23-18/h3-11,13-14H,2,12H2,1H3,(H,24,26). The smallest absolute Gasteiger partial charge is 0.258 e. The van der Waals surface area contributed by atoms with E-state index in [2.05, 4.69) is 34.5 Å². The van der Waals surface area contributed by atoms with Crippen molar-refractivity contribution in [3.8, 4) is 17.0 Å². The van der Waals surface area contributed by atoms with E-state index in [1.54, 1.807) is 35.8 Å². The van der Waals surface area contributed by atoms with Gasteiger partial charge in [-0.25, -0.2) is 4.98 Å². The molecule has 0 saturated carbocycles. The molecule has 4 rings (SSSR count). The fraction of sp³-hybridized carbons (Fsp3) is 0.136. The van der Waals surface area contributed by atoms with E-state index in [1.165, 1.54) is 16.9 Å². The Balaban J connectivity index is 1.41. The number of aryl methyl sites for hydroxylation is 1. The topological polar surface area (TPSA) is 77.2 Å². The van der Waals surface area contributed by atoms with Crippen LogP contribution in [0.2, 0.25) is 0 Å². The third-order valence-electron chi connectivity index (χ3n) is 4.37. The first-order chi connectivity index (χ1) is 14.2. The number of anilines is 1. The second kappa shape index (κ2) is 8.70. The van der Waals surface area contributed by atoms with E-state index < -0.39 is 0 Å². The molecule has 0 saturated heterocycles. The van der Waals surface area contributed by atoms with Crippen LogP contribution in [0, 0.1) is 0 Å². The van der Waals surface area contributed by atoms with Gasteiger partial charge in [-0.1, -0.05) is 42.4 Å². The van der Waals surface area contributed by atoms with Gasteiger partial charge in [0.2, 0.25) is 5.88 Å². The Labute approximate surface area is 172 Å². The summed E-state index contributed by atoms with van der Waals surface area (Å²) in [4.78, 5) is 16.7. The fourth-order valence-electron chi connectivity index (χ4n) is 2.76. The van der Waals surface area contributed by atoms with Crippen LogP contribution in [0.1, 0.15) is 28.5 Å². The normalized spacial score (nSPS) is 10.7. The molecule has 0 fully saturated rings. The summed E-state index contributed by atoms with van der Waals surface area (Å²) in [6.45, 7) is 2.47. The molecule has 7 heteroatoms. The Kier molecular flexibility index (Phi) is 5.67. The number of amides is 1. The van der Waals surface area contributed by atoms with E-state index in [4.69, 9.17) is 9.26 Å². The van der Waals surface area contributed by atoms with Gasteiger partial charge in [-0.2, -0.15) is 0 Å². The summed E-state index contributed by atoms with van der Waals surface area (Å²) in [5, 5.41) is 8.70. The first-order valence-corrected chi connectivity index (χ1v) is 10.1. The first-order valence-electron chi connectivity index (χ1n) is 9.18. The van der Waals surface area contributed by atoms with Gasteiger partial charge in [-0.15, -0.1) is 11.3 Å². The SMILES string of the molecule is CCc1ccc(-c2cc(NC(=O)c3cccc(OCc4cscn4)c3)on2)cc1. The molecule has 2 aromatic carbocycles. The highest BCUT2D eigenvalue weighted by Crippen LogP contribution is 2.23. The maximum atomic E-state index is 12.6. The van der Waals surface area contributed by atoms with Crippen LogP contribution < -0.4 is 10.1 Å². The monoisotopic (exact) mass is 405 g/mol. The van der Waals surface area contributed by atoms with Crippen molar-refractivity contribution in [2.45, 2.75) is 20.0 Å². The zero-order valence-electron chi connectivity index (χ0n) is 15.8. The quantitative estimate of drug-likeness (QED) is 0.458. The van der Waals surface area contributed by atoms with Crippen LogP contribution in [-0.4, -0.2) is 16.0 Å². The number of carbonyl (C=O) groups is 1. The maximum Gasteiger partial charge on any atom is 0.258 e. The average molecular weight is 405 g/mol. The van der Waals surface area contributed by atoms with E-state index in [0.717, 1.165) is 17.7 Å². The van der Waals surface area contributed by atoms with Gasteiger partial charge in [0.15, 0.2) is 0 Å². The Hall–Kier alpha value is -3.45. The van der Waals surface area contributed by atoms with Crippen molar-refractivity contribution in [1.82, 2.24) is 10.1 Å². The van der Waals surface area contributed by atoms with Gasteiger partial charge >= 0.3 is 0 Å². The molecule has 0 aliphatic heterocycles. The number of hydrogen-bond acceptors (Lipinski definition) is 6. The molecule has 4 aromatic rings. The number of carbonyl (C=O) groups excluding carboxylic acids is 1. The third kappa shape index (κ3) is 4.70. The molecular weight excluding hydrogens is 386 g/mol. The summed E-state index contributed by atoms with van der Waals surface area (Å²) in [6.07, 6.45) is 0.979. The van der Waals surface area contributed by atoms with Crippen molar-refractivity contribution in [1.29, 1.82) is 0 Å². The predicted molar refractivity (Wildman–Crippen MR) is 112 cm³/mol. The molecule has 0 aliphatic rings. The van der Waals surface area contributed by atoms with E-state index >= 15 is 0 Å². The number of aromatic nitrogens is 2. The summed E-state index contributed by atoms with van der Waals surface area (Å²) >= 11 is 1.51. The highest BCUT2D eigenvalue weighted by Gasteiger charge is 2.12. The molecule has 0 atom stereocenters. The number of nitrogens with one attached hydrogen (secondary N) is 1. The number of benzene rings is 2. The summed E-state index contributed by atoms with van der Waals surface area (Å²) in [5.74, 6) is 0.589.